The van der Waals surface area contributed by atoms with Crippen molar-refractivity contribution >= 4 is 33.2 Å². The van der Waals surface area contributed by atoms with Crippen LogP contribution in [0.25, 0.3) is 0 Å². The molecule has 5 heteroatoms. The van der Waals surface area contributed by atoms with Crippen LogP contribution in [0.15, 0.2) is 34.8 Å². The molecule has 1 heterocycles. The maximum absolute atomic E-state index is 11.2. The van der Waals surface area contributed by atoms with Gasteiger partial charge in [-0.25, -0.2) is 4.79 Å². The summed E-state index contributed by atoms with van der Waals surface area (Å²) in [7, 11) is 0. The van der Waals surface area contributed by atoms with Crippen molar-refractivity contribution in [2.45, 2.75) is 26.4 Å². The van der Waals surface area contributed by atoms with Gasteiger partial charge in [-0.2, -0.15) is 0 Å². The summed E-state index contributed by atoms with van der Waals surface area (Å²) >= 11 is 4.67. The number of rotatable bonds is 6. The van der Waals surface area contributed by atoms with Crippen molar-refractivity contribution in [1.82, 2.24) is 0 Å². The third kappa shape index (κ3) is 3.84. The molecule has 0 fully saturated rings. The molecule has 2 aromatic rings. The maximum Gasteiger partial charge on any atom is 0.349 e. The molecule has 0 amide bonds. The fourth-order valence-corrected chi connectivity index (χ4v) is 3.09. The van der Waals surface area contributed by atoms with Gasteiger partial charge in [-0.1, -0.05) is 41.4 Å². The number of hydrogen-bond acceptors (Lipinski definition) is 3. The highest BCUT2D eigenvalue weighted by molar-refractivity contribution is 9.10. The van der Waals surface area contributed by atoms with Gasteiger partial charge in [0.15, 0.2) is 4.88 Å². The van der Waals surface area contributed by atoms with Crippen LogP contribution in [0, 0.1) is 0 Å². The molecule has 1 N–H and O–H groups in total. The van der Waals surface area contributed by atoms with Gasteiger partial charge in [0.25, 0.3) is 0 Å². The Labute approximate surface area is 130 Å². The maximum atomic E-state index is 11.2. The van der Waals surface area contributed by atoms with Crippen LogP contribution in [-0.4, -0.2) is 11.1 Å². The summed E-state index contributed by atoms with van der Waals surface area (Å²) in [5.74, 6) is -0.461. The first-order valence-corrected chi connectivity index (χ1v) is 7.94. The Balaban J connectivity index is 2.11. The standard InChI is InChI=1S/C15H15BrO3S/c1-2-3-12-8-13(14(20-12)15(17)18)19-9-10-4-6-11(16)7-5-10/h4-8H,2-3,9H2,1H3,(H,17,18). The van der Waals surface area contributed by atoms with Crippen molar-refractivity contribution < 1.29 is 14.6 Å². The Morgan fingerprint density at radius 3 is 2.65 bits per heavy atom. The van der Waals surface area contributed by atoms with E-state index in [9.17, 15) is 9.90 Å². The van der Waals surface area contributed by atoms with E-state index < -0.39 is 5.97 Å². The van der Waals surface area contributed by atoms with Crippen LogP contribution in [0.4, 0.5) is 0 Å². The van der Waals surface area contributed by atoms with E-state index in [4.69, 9.17) is 4.74 Å². The number of hydrogen-bond donors (Lipinski definition) is 1. The predicted octanol–water partition coefficient (Wildman–Crippen LogP) is 4.74. The fraction of sp³-hybridized carbons (Fsp3) is 0.267. The summed E-state index contributed by atoms with van der Waals surface area (Å²) in [6.45, 7) is 2.44. The van der Waals surface area contributed by atoms with Crippen LogP contribution < -0.4 is 4.74 Å². The van der Waals surface area contributed by atoms with Crippen molar-refractivity contribution in [3.8, 4) is 5.75 Å². The zero-order valence-corrected chi connectivity index (χ0v) is 13.5. The van der Waals surface area contributed by atoms with E-state index in [-0.39, 0.29) is 4.88 Å². The number of aryl methyl sites for hydroxylation is 1. The van der Waals surface area contributed by atoms with E-state index in [1.807, 2.05) is 30.3 Å². The minimum absolute atomic E-state index is 0.283. The van der Waals surface area contributed by atoms with Gasteiger partial charge in [0.2, 0.25) is 0 Å². The number of benzene rings is 1. The van der Waals surface area contributed by atoms with Crippen molar-refractivity contribution in [1.29, 1.82) is 0 Å². The summed E-state index contributed by atoms with van der Waals surface area (Å²) in [5.41, 5.74) is 1.01. The first kappa shape index (κ1) is 15.1. The first-order valence-electron chi connectivity index (χ1n) is 6.33. The topological polar surface area (TPSA) is 46.5 Å². The van der Waals surface area contributed by atoms with E-state index in [2.05, 4.69) is 22.9 Å². The quantitative estimate of drug-likeness (QED) is 0.814. The molecule has 106 valence electrons. The van der Waals surface area contributed by atoms with Crippen LogP contribution in [0.3, 0.4) is 0 Å². The van der Waals surface area contributed by atoms with E-state index in [1.165, 1.54) is 11.3 Å². The van der Waals surface area contributed by atoms with Gasteiger partial charge in [0.05, 0.1) is 0 Å². The molecule has 0 saturated carbocycles. The number of ether oxygens (including phenoxy) is 1. The van der Waals surface area contributed by atoms with Crippen molar-refractivity contribution in [3.05, 3.63) is 50.1 Å². The van der Waals surface area contributed by atoms with E-state index in [0.29, 0.717) is 12.4 Å². The lowest BCUT2D eigenvalue weighted by Crippen LogP contribution is -1.99. The monoisotopic (exact) mass is 354 g/mol. The van der Waals surface area contributed by atoms with Crippen molar-refractivity contribution in [2.75, 3.05) is 0 Å². The lowest BCUT2D eigenvalue weighted by Gasteiger charge is -2.05. The summed E-state index contributed by atoms with van der Waals surface area (Å²) in [4.78, 5) is 12.6. The highest BCUT2D eigenvalue weighted by atomic mass is 79.9. The average molecular weight is 355 g/mol. The molecule has 0 radical (unpaired) electrons. The second-order valence-electron chi connectivity index (χ2n) is 4.38. The predicted molar refractivity (Wildman–Crippen MR) is 83.7 cm³/mol. The minimum Gasteiger partial charge on any atom is -0.487 e. The van der Waals surface area contributed by atoms with Crippen LogP contribution >= 0.6 is 27.3 Å². The third-order valence-corrected chi connectivity index (χ3v) is 4.44. The Morgan fingerprint density at radius 1 is 1.35 bits per heavy atom. The zero-order valence-electron chi connectivity index (χ0n) is 11.1. The lowest BCUT2D eigenvalue weighted by molar-refractivity contribution is 0.0697. The molecule has 0 atom stereocenters. The van der Waals surface area contributed by atoms with Crippen LogP contribution in [0.1, 0.15) is 33.5 Å². The Kier molecular flexibility index (Phi) is 5.20. The van der Waals surface area contributed by atoms with E-state index in [1.54, 1.807) is 0 Å². The number of carboxylic acid groups (broad SMARTS) is 1. The molecule has 0 saturated heterocycles. The van der Waals surface area contributed by atoms with Crippen LogP contribution in [-0.2, 0) is 13.0 Å². The molecule has 3 nitrogen and oxygen atoms in total. The van der Waals surface area contributed by atoms with Gasteiger partial charge >= 0.3 is 5.97 Å². The molecule has 1 aromatic carbocycles. The Morgan fingerprint density at radius 2 is 2.05 bits per heavy atom. The summed E-state index contributed by atoms with van der Waals surface area (Å²) < 4.78 is 6.67. The van der Waals surface area contributed by atoms with Gasteiger partial charge < -0.3 is 9.84 Å². The number of carbonyl (C=O) groups is 1. The number of halogens is 1. The highest BCUT2D eigenvalue weighted by Crippen LogP contribution is 2.31. The van der Waals surface area contributed by atoms with Gasteiger partial charge in [0.1, 0.15) is 12.4 Å². The molecule has 1 aromatic heterocycles. The first-order chi connectivity index (χ1) is 9.60. The molecule has 20 heavy (non-hydrogen) atoms. The fourth-order valence-electron chi connectivity index (χ4n) is 1.79. The van der Waals surface area contributed by atoms with E-state index in [0.717, 1.165) is 27.8 Å². The Hall–Kier alpha value is -1.33. The van der Waals surface area contributed by atoms with Crippen molar-refractivity contribution in [3.63, 3.8) is 0 Å². The summed E-state index contributed by atoms with van der Waals surface area (Å²) in [5, 5.41) is 9.21. The van der Waals surface area contributed by atoms with Gasteiger partial charge in [0, 0.05) is 9.35 Å². The molecule has 2 rings (SSSR count). The molecular formula is C15H15BrO3S. The number of carboxylic acids is 1. The second-order valence-corrected chi connectivity index (χ2v) is 6.43. The molecular weight excluding hydrogens is 340 g/mol. The zero-order chi connectivity index (χ0) is 14.5. The normalized spacial score (nSPS) is 10.5. The Bertz CT molecular complexity index is 590. The lowest BCUT2D eigenvalue weighted by atomic mass is 10.2. The molecule has 0 spiro atoms. The van der Waals surface area contributed by atoms with Gasteiger partial charge in [-0.05, 0) is 30.2 Å². The molecule has 0 unspecified atom stereocenters. The average Bonchev–Trinajstić information content (AvgIpc) is 2.82. The molecule has 0 aliphatic carbocycles. The van der Waals surface area contributed by atoms with Gasteiger partial charge in [-0.3, -0.25) is 0 Å². The highest BCUT2D eigenvalue weighted by Gasteiger charge is 2.16. The molecule has 0 aliphatic rings. The smallest absolute Gasteiger partial charge is 0.349 e. The second kappa shape index (κ2) is 6.90. The minimum atomic E-state index is -0.928. The SMILES string of the molecule is CCCc1cc(OCc2ccc(Br)cc2)c(C(=O)O)s1. The largest absolute Gasteiger partial charge is 0.487 e. The molecule has 0 aliphatic heterocycles. The summed E-state index contributed by atoms with van der Waals surface area (Å²) in [6.07, 6.45) is 1.87. The third-order valence-electron chi connectivity index (χ3n) is 2.75. The summed E-state index contributed by atoms with van der Waals surface area (Å²) in [6, 6.07) is 9.62. The van der Waals surface area contributed by atoms with Gasteiger partial charge in [-0.15, -0.1) is 11.3 Å². The number of thiophene rings is 1. The van der Waals surface area contributed by atoms with Crippen LogP contribution in [0.5, 0.6) is 5.75 Å². The van der Waals surface area contributed by atoms with Crippen molar-refractivity contribution in [2.24, 2.45) is 0 Å². The van der Waals surface area contributed by atoms with E-state index >= 15 is 0 Å². The van der Waals surface area contributed by atoms with Crippen LogP contribution in [0.2, 0.25) is 0 Å². The molecule has 0 bridgehead atoms. The number of aromatic carboxylic acids is 1.